The number of morpholine rings is 1. The standard InChI is InChI=1S/C21H30N4O3/c26-19(22-8-9-23-14-16-28-17-15-23)21(6-7-21)20(27)25-12-10-24(11-13-25)18-4-2-1-3-5-18/h1-5H,6-17H2,(H,22,26). The van der Waals surface area contributed by atoms with Gasteiger partial charge in [-0.25, -0.2) is 0 Å². The van der Waals surface area contributed by atoms with Crippen LogP contribution in [0.3, 0.4) is 0 Å². The minimum Gasteiger partial charge on any atom is -0.379 e. The number of hydrogen-bond donors (Lipinski definition) is 1. The molecule has 1 aromatic rings. The summed E-state index contributed by atoms with van der Waals surface area (Å²) in [6, 6.07) is 10.3. The molecule has 0 atom stereocenters. The van der Waals surface area contributed by atoms with Crippen LogP contribution in [0.2, 0.25) is 0 Å². The number of anilines is 1. The average molecular weight is 386 g/mol. The number of carbonyl (C=O) groups excluding carboxylic acids is 2. The lowest BCUT2D eigenvalue weighted by atomic mass is 10.0. The number of benzene rings is 1. The molecule has 1 aliphatic carbocycles. The van der Waals surface area contributed by atoms with E-state index in [4.69, 9.17) is 4.74 Å². The molecule has 2 heterocycles. The third-order valence-electron chi connectivity index (χ3n) is 6.10. The summed E-state index contributed by atoms with van der Waals surface area (Å²) in [5, 5.41) is 3.01. The SMILES string of the molecule is O=C(NCCN1CCOCC1)C1(C(=O)N2CCN(c3ccccc3)CC2)CC1. The van der Waals surface area contributed by atoms with Crippen LogP contribution in [0.4, 0.5) is 5.69 Å². The Morgan fingerprint density at radius 1 is 0.964 bits per heavy atom. The van der Waals surface area contributed by atoms with Crippen LogP contribution in [0.15, 0.2) is 30.3 Å². The predicted molar refractivity (Wildman–Crippen MR) is 107 cm³/mol. The summed E-state index contributed by atoms with van der Waals surface area (Å²) in [4.78, 5) is 32.2. The Morgan fingerprint density at radius 2 is 1.64 bits per heavy atom. The highest BCUT2D eigenvalue weighted by Crippen LogP contribution is 2.47. The van der Waals surface area contributed by atoms with E-state index in [2.05, 4.69) is 27.2 Å². The van der Waals surface area contributed by atoms with Gasteiger partial charge in [0.1, 0.15) is 5.41 Å². The molecule has 7 heteroatoms. The van der Waals surface area contributed by atoms with E-state index in [1.807, 2.05) is 23.1 Å². The van der Waals surface area contributed by atoms with E-state index < -0.39 is 5.41 Å². The molecule has 28 heavy (non-hydrogen) atoms. The molecule has 4 rings (SSSR count). The summed E-state index contributed by atoms with van der Waals surface area (Å²) in [5.74, 6) is -0.0691. The summed E-state index contributed by atoms with van der Waals surface area (Å²) < 4.78 is 5.34. The van der Waals surface area contributed by atoms with Crippen LogP contribution >= 0.6 is 0 Å². The maximum absolute atomic E-state index is 13.1. The first-order valence-corrected chi connectivity index (χ1v) is 10.4. The first kappa shape index (κ1) is 19.2. The van der Waals surface area contributed by atoms with Crippen LogP contribution in [0.5, 0.6) is 0 Å². The topological polar surface area (TPSA) is 65.1 Å². The maximum Gasteiger partial charge on any atom is 0.238 e. The zero-order chi connectivity index (χ0) is 19.4. The zero-order valence-electron chi connectivity index (χ0n) is 16.4. The van der Waals surface area contributed by atoms with Gasteiger partial charge in [0.15, 0.2) is 0 Å². The molecule has 0 spiro atoms. The maximum atomic E-state index is 13.1. The van der Waals surface area contributed by atoms with Gasteiger partial charge in [0, 0.05) is 58.0 Å². The monoisotopic (exact) mass is 386 g/mol. The van der Waals surface area contributed by atoms with Crippen molar-refractivity contribution in [2.45, 2.75) is 12.8 Å². The van der Waals surface area contributed by atoms with Gasteiger partial charge in [0.2, 0.25) is 11.8 Å². The van der Waals surface area contributed by atoms with E-state index in [-0.39, 0.29) is 11.8 Å². The van der Waals surface area contributed by atoms with E-state index in [0.717, 1.165) is 45.9 Å². The molecule has 152 valence electrons. The third-order valence-corrected chi connectivity index (χ3v) is 6.10. The van der Waals surface area contributed by atoms with Crippen molar-refractivity contribution < 1.29 is 14.3 Å². The highest BCUT2D eigenvalue weighted by molar-refractivity contribution is 6.07. The number of carbonyl (C=O) groups is 2. The second-order valence-electron chi connectivity index (χ2n) is 7.91. The molecule has 7 nitrogen and oxygen atoms in total. The molecular weight excluding hydrogens is 356 g/mol. The van der Waals surface area contributed by atoms with Crippen LogP contribution in [0.25, 0.3) is 0 Å². The number of nitrogens with zero attached hydrogens (tertiary/aromatic N) is 3. The Labute approximate surface area is 166 Å². The van der Waals surface area contributed by atoms with Gasteiger partial charge in [-0.2, -0.15) is 0 Å². The Morgan fingerprint density at radius 3 is 2.29 bits per heavy atom. The van der Waals surface area contributed by atoms with Crippen LogP contribution in [-0.2, 0) is 14.3 Å². The van der Waals surface area contributed by atoms with Crippen LogP contribution in [0.1, 0.15) is 12.8 Å². The van der Waals surface area contributed by atoms with Gasteiger partial charge in [0.05, 0.1) is 13.2 Å². The molecule has 2 amide bonds. The fourth-order valence-electron chi connectivity index (χ4n) is 4.09. The number of piperazine rings is 1. The second kappa shape index (κ2) is 8.49. The van der Waals surface area contributed by atoms with Crippen molar-refractivity contribution in [3.8, 4) is 0 Å². The molecule has 1 N–H and O–H groups in total. The fraction of sp³-hybridized carbons (Fsp3) is 0.619. The van der Waals surface area contributed by atoms with E-state index in [0.29, 0.717) is 32.5 Å². The van der Waals surface area contributed by atoms with Gasteiger partial charge in [-0.3, -0.25) is 14.5 Å². The molecule has 1 aromatic carbocycles. The quantitative estimate of drug-likeness (QED) is 0.724. The summed E-state index contributed by atoms with van der Waals surface area (Å²) in [5.41, 5.74) is 0.386. The Balaban J connectivity index is 1.25. The molecule has 2 saturated heterocycles. The first-order chi connectivity index (χ1) is 13.7. The van der Waals surface area contributed by atoms with Crippen molar-refractivity contribution in [1.82, 2.24) is 15.1 Å². The van der Waals surface area contributed by atoms with Gasteiger partial charge >= 0.3 is 0 Å². The number of ether oxygens (including phenoxy) is 1. The zero-order valence-corrected chi connectivity index (χ0v) is 16.4. The first-order valence-electron chi connectivity index (χ1n) is 10.4. The van der Waals surface area contributed by atoms with Gasteiger partial charge < -0.3 is 19.9 Å². The number of rotatable bonds is 6. The molecule has 0 radical (unpaired) electrons. The van der Waals surface area contributed by atoms with Crippen molar-refractivity contribution in [2.75, 3.05) is 70.5 Å². The molecule has 0 bridgehead atoms. The van der Waals surface area contributed by atoms with E-state index in [9.17, 15) is 9.59 Å². The highest BCUT2D eigenvalue weighted by atomic mass is 16.5. The normalized spacial score (nSPS) is 22.0. The Bertz CT molecular complexity index is 678. The van der Waals surface area contributed by atoms with Crippen molar-refractivity contribution >= 4 is 17.5 Å². The summed E-state index contributed by atoms with van der Waals surface area (Å²) in [6.07, 6.45) is 1.35. The van der Waals surface area contributed by atoms with E-state index in [1.165, 1.54) is 5.69 Å². The fourth-order valence-corrected chi connectivity index (χ4v) is 4.09. The molecule has 3 aliphatic rings. The summed E-state index contributed by atoms with van der Waals surface area (Å²) >= 11 is 0. The van der Waals surface area contributed by atoms with Crippen LogP contribution < -0.4 is 10.2 Å². The molecule has 2 aliphatic heterocycles. The highest BCUT2D eigenvalue weighted by Gasteiger charge is 2.58. The van der Waals surface area contributed by atoms with Gasteiger partial charge in [0.25, 0.3) is 0 Å². The number of nitrogens with one attached hydrogen (secondary N) is 1. The number of hydrogen-bond acceptors (Lipinski definition) is 5. The predicted octanol–water partition coefficient (Wildman–Crippen LogP) is 0.564. The lowest BCUT2D eigenvalue weighted by Gasteiger charge is -2.37. The van der Waals surface area contributed by atoms with Gasteiger partial charge in [-0.15, -0.1) is 0 Å². The smallest absolute Gasteiger partial charge is 0.238 e. The van der Waals surface area contributed by atoms with Crippen molar-refractivity contribution in [3.63, 3.8) is 0 Å². The average Bonchev–Trinajstić information content (AvgIpc) is 3.57. The van der Waals surface area contributed by atoms with Crippen LogP contribution in [-0.4, -0.2) is 87.2 Å². The Kier molecular flexibility index (Phi) is 5.82. The molecule has 0 aromatic heterocycles. The summed E-state index contributed by atoms with van der Waals surface area (Å²) in [7, 11) is 0. The van der Waals surface area contributed by atoms with Crippen molar-refractivity contribution in [1.29, 1.82) is 0 Å². The number of amides is 2. The Hall–Kier alpha value is -2.12. The molecule has 0 unspecified atom stereocenters. The van der Waals surface area contributed by atoms with Gasteiger partial charge in [-0.05, 0) is 25.0 Å². The lowest BCUT2D eigenvalue weighted by molar-refractivity contribution is -0.144. The van der Waals surface area contributed by atoms with Crippen molar-refractivity contribution in [3.05, 3.63) is 30.3 Å². The second-order valence-corrected chi connectivity index (χ2v) is 7.91. The minimum absolute atomic E-state index is 0.0177. The van der Waals surface area contributed by atoms with Crippen LogP contribution in [0, 0.1) is 5.41 Å². The molecule has 1 saturated carbocycles. The summed E-state index contributed by atoms with van der Waals surface area (Å²) in [6.45, 7) is 7.71. The van der Waals surface area contributed by atoms with E-state index in [1.54, 1.807) is 0 Å². The van der Waals surface area contributed by atoms with E-state index >= 15 is 0 Å². The lowest BCUT2D eigenvalue weighted by Crippen LogP contribution is -2.53. The minimum atomic E-state index is -0.806. The third kappa shape index (κ3) is 4.15. The molecule has 3 fully saturated rings. The van der Waals surface area contributed by atoms with Crippen molar-refractivity contribution in [2.24, 2.45) is 5.41 Å². The largest absolute Gasteiger partial charge is 0.379 e. The molecular formula is C21H30N4O3. The van der Waals surface area contributed by atoms with Gasteiger partial charge in [-0.1, -0.05) is 18.2 Å². The number of para-hydroxylation sites is 1.